The molecule has 0 radical (unpaired) electrons. The van der Waals surface area contributed by atoms with Crippen LogP contribution < -0.4 is 10.5 Å². The van der Waals surface area contributed by atoms with Crippen molar-refractivity contribution in [2.45, 2.75) is 12.5 Å². The van der Waals surface area contributed by atoms with Gasteiger partial charge in [-0.3, -0.25) is 0 Å². The van der Waals surface area contributed by atoms with E-state index >= 15 is 0 Å². The normalized spacial score (nSPS) is 12.5. The first-order chi connectivity index (χ1) is 10.6. The number of hydrogen-bond acceptors (Lipinski definition) is 4. The number of imidazole rings is 1. The maximum Gasteiger partial charge on any atom is 0.126 e. The summed E-state index contributed by atoms with van der Waals surface area (Å²) in [6.07, 6.45) is 0.661. The Kier molecular flexibility index (Phi) is 3.73. The fourth-order valence-electron chi connectivity index (χ4n) is 2.63. The van der Waals surface area contributed by atoms with Crippen LogP contribution in [0.1, 0.15) is 17.4 Å². The molecule has 3 rings (SSSR count). The lowest BCUT2D eigenvalue weighted by Crippen LogP contribution is -2.17. The summed E-state index contributed by atoms with van der Waals surface area (Å²) in [6, 6.07) is 12.7. The van der Waals surface area contributed by atoms with Crippen LogP contribution in [0.5, 0.6) is 11.5 Å². The lowest BCUT2D eigenvalue weighted by Gasteiger charge is -2.12. The highest BCUT2D eigenvalue weighted by molar-refractivity contribution is 5.77. The molecule has 0 fully saturated rings. The Bertz CT molecular complexity index is 794. The Morgan fingerprint density at radius 1 is 1.23 bits per heavy atom. The molecule has 0 saturated carbocycles. The van der Waals surface area contributed by atoms with Crippen LogP contribution in [0.15, 0.2) is 42.5 Å². The summed E-state index contributed by atoms with van der Waals surface area (Å²) in [6.45, 7) is 0. The molecule has 0 aliphatic rings. The molecule has 1 unspecified atom stereocenters. The van der Waals surface area contributed by atoms with E-state index in [4.69, 9.17) is 10.5 Å². The first-order valence-electron chi connectivity index (χ1n) is 7.12. The molecule has 22 heavy (non-hydrogen) atoms. The molecule has 1 atom stereocenters. The van der Waals surface area contributed by atoms with Crippen molar-refractivity contribution in [1.29, 1.82) is 0 Å². The number of aromatic nitrogens is 2. The minimum absolute atomic E-state index is 0.215. The number of rotatable bonds is 4. The SMILES string of the molecule is COc1ccc2c(c1)nc(C(N)Cc1ccc(O)cc1)n2C. The van der Waals surface area contributed by atoms with E-state index in [9.17, 15) is 5.11 Å². The smallest absolute Gasteiger partial charge is 0.126 e. The Balaban J connectivity index is 1.91. The van der Waals surface area contributed by atoms with Gasteiger partial charge in [0, 0.05) is 13.1 Å². The molecule has 3 N–H and O–H groups in total. The van der Waals surface area contributed by atoms with Gasteiger partial charge in [-0.25, -0.2) is 4.98 Å². The second-order valence-corrected chi connectivity index (χ2v) is 5.36. The average Bonchev–Trinajstić information content (AvgIpc) is 2.86. The van der Waals surface area contributed by atoms with Gasteiger partial charge in [-0.2, -0.15) is 0 Å². The number of methoxy groups -OCH3 is 1. The van der Waals surface area contributed by atoms with Crippen molar-refractivity contribution < 1.29 is 9.84 Å². The molecule has 0 aliphatic heterocycles. The number of benzene rings is 2. The molecule has 0 saturated heterocycles. The molecule has 1 aromatic heterocycles. The molecule has 0 aliphatic carbocycles. The van der Waals surface area contributed by atoms with Crippen LogP contribution in [0.2, 0.25) is 0 Å². The number of phenols is 1. The molecule has 3 aromatic rings. The minimum atomic E-state index is -0.215. The molecule has 114 valence electrons. The molecule has 5 heteroatoms. The molecular formula is C17H19N3O2. The zero-order valence-corrected chi connectivity index (χ0v) is 12.7. The zero-order chi connectivity index (χ0) is 15.7. The van der Waals surface area contributed by atoms with Gasteiger partial charge >= 0.3 is 0 Å². The third-order valence-corrected chi connectivity index (χ3v) is 3.85. The van der Waals surface area contributed by atoms with Gasteiger partial charge in [0.05, 0.1) is 24.2 Å². The molecule has 0 bridgehead atoms. The van der Waals surface area contributed by atoms with Crippen LogP contribution in [0, 0.1) is 0 Å². The maximum absolute atomic E-state index is 9.34. The van der Waals surface area contributed by atoms with Crippen molar-refractivity contribution in [2.75, 3.05) is 7.11 Å². The van der Waals surface area contributed by atoms with Crippen LogP contribution in [0.3, 0.4) is 0 Å². The van der Waals surface area contributed by atoms with Gasteiger partial charge in [0.2, 0.25) is 0 Å². The van der Waals surface area contributed by atoms with Crippen molar-refractivity contribution in [2.24, 2.45) is 12.8 Å². The average molecular weight is 297 g/mol. The summed E-state index contributed by atoms with van der Waals surface area (Å²) in [7, 11) is 3.61. The second-order valence-electron chi connectivity index (χ2n) is 5.36. The summed E-state index contributed by atoms with van der Waals surface area (Å²) < 4.78 is 7.25. The van der Waals surface area contributed by atoms with Gasteiger partial charge in [0.1, 0.15) is 17.3 Å². The highest BCUT2D eigenvalue weighted by atomic mass is 16.5. The fourth-order valence-corrected chi connectivity index (χ4v) is 2.63. The van der Waals surface area contributed by atoms with E-state index in [2.05, 4.69) is 4.98 Å². The number of nitrogens with zero attached hydrogens (tertiary/aromatic N) is 2. The summed E-state index contributed by atoms with van der Waals surface area (Å²) in [5.41, 5.74) is 9.29. The zero-order valence-electron chi connectivity index (χ0n) is 12.7. The van der Waals surface area contributed by atoms with E-state index in [1.165, 1.54) is 0 Å². The van der Waals surface area contributed by atoms with Gasteiger partial charge in [-0.05, 0) is 36.2 Å². The van der Waals surface area contributed by atoms with E-state index in [1.807, 2.05) is 41.9 Å². The number of fused-ring (bicyclic) bond motifs is 1. The number of nitrogens with two attached hydrogens (primary N) is 1. The molecule has 0 spiro atoms. The first-order valence-corrected chi connectivity index (χ1v) is 7.12. The molecule has 5 nitrogen and oxygen atoms in total. The van der Waals surface area contributed by atoms with E-state index in [1.54, 1.807) is 19.2 Å². The lowest BCUT2D eigenvalue weighted by atomic mass is 10.1. The van der Waals surface area contributed by atoms with Crippen LogP contribution in [0.4, 0.5) is 0 Å². The van der Waals surface area contributed by atoms with E-state index in [0.717, 1.165) is 28.2 Å². The lowest BCUT2D eigenvalue weighted by molar-refractivity contribution is 0.415. The summed E-state index contributed by atoms with van der Waals surface area (Å²) in [4.78, 5) is 4.64. The first kappa shape index (κ1) is 14.4. The third kappa shape index (κ3) is 2.63. The van der Waals surface area contributed by atoms with Crippen molar-refractivity contribution in [1.82, 2.24) is 9.55 Å². The van der Waals surface area contributed by atoms with Gasteiger partial charge < -0.3 is 20.1 Å². The van der Waals surface area contributed by atoms with Crippen molar-refractivity contribution in [3.8, 4) is 11.5 Å². The fraction of sp³-hybridized carbons (Fsp3) is 0.235. The number of hydrogen-bond donors (Lipinski definition) is 2. The Morgan fingerprint density at radius 3 is 2.64 bits per heavy atom. The number of phenolic OH excluding ortho intramolecular Hbond substituents is 1. The van der Waals surface area contributed by atoms with Crippen molar-refractivity contribution in [3.63, 3.8) is 0 Å². The Morgan fingerprint density at radius 2 is 1.95 bits per heavy atom. The van der Waals surface area contributed by atoms with Gasteiger partial charge in [-0.15, -0.1) is 0 Å². The van der Waals surface area contributed by atoms with Crippen molar-refractivity contribution in [3.05, 3.63) is 53.9 Å². The highest BCUT2D eigenvalue weighted by Crippen LogP contribution is 2.24. The topological polar surface area (TPSA) is 73.3 Å². The van der Waals surface area contributed by atoms with Crippen molar-refractivity contribution >= 4 is 11.0 Å². The van der Waals surface area contributed by atoms with E-state index in [0.29, 0.717) is 6.42 Å². The quantitative estimate of drug-likeness (QED) is 0.776. The molecular weight excluding hydrogens is 278 g/mol. The third-order valence-electron chi connectivity index (χ3n) is 3.85. The van der Waals surface area contributed by atoms with E-state index < -0.39 is 0 Å². The van der Waals surface area contributed by atoms with Crippen LogP contribution in [0.25, 0.3) is 11.0 Å². The summed E-state index contributed by atoms with van der Waals surface area (Å²) in [5.74, 6) is 1.87. The number of aromatic hydroxyl groups is 1. The van der Waals surface area contributed by atoms with Gasteiger partial charge in [0.25, 0.3) is 0 Å². The number of aryl methyl sites for hydroxylation is 1. The Labute approximate surface area is 129 Å². The van der Waals surface area contributed by atoms with Gasteiger partial charge in [0.15, 0.2) is 0 Å². The largest absolute Gasteiger partial charge is 0.508 e. The predicted octanol–water partition coefficient (Wildman–Crippen LogP) is 2.53. The van der Waals surface area contributed by atoms with Gasteiger partial charge in [-0.1, -0.05) is 12.1 Å². The molecule has 1 heterocycles. The standard InChI is InChI=1S/C17H19N3O2/c1-20-16-8-7-13(22-2)10-15(16)19-17(20)14(18)9-11-3-5-12(21)6-4-11/h3-8,10,14,21H,9,18H2,1-2H3. The number of ether oxygens (including phenoxy) is 1. The maximum atomic E-state index is 9.34. The van der Waals surface area contributed by atoms with Crippen LogP contribution >= 0.6 is 0 Å². The van der Waals surface area contributed by atoms with Crippen LogP contribution in [-0.4, -0.2) is 21.8 Å². The predicted molar refractivity (Wildman–Crippen MR) is 86.0 cm³/mol. The molecule has 0 amide bonds. The monoisotopic (exact) mass is 297 g/mol. The summed E-state index contributed by atoms with van der Waals surface area (Å²) >= 11 is 0. The second kappa shape index (κ2) is 5.69. The highest BCUT2D eigenvalue weighted by Gasteiger charge is 2.16. The van der Waals surface area contributed by atoms with E-state index in [-0.39, 0.29) is 11.8 Å². The summed E-state index contributed by atoms with van der Waals surface area (Å²) in [5, 5.41) is 9.34. The molecule has 2 aromatic carbocycles. The Hall–Kier alpha value is -2.53. The van der Waals surface area contributed by atoms with Crippen LogP contribution in [-0.2, 0) is 13.5 Å². The minimum Gasteiger partial charge on any atom is -0.508 e.